The summed E-state index contributed by atoms with van der Waals surface area (Å²) in [5.41, 5.74) is 0.00113. The molecule has 0 spiro atoms. The molecule has 2 heterocycles. The zero-order valence-corrected chi connectivity index (χ0v) is 13.0. The lowest BCUT2D eigenvalue weighted by molar-refractivity contribution is 0.104. The predicted octanol–water partition coefficient (Wildman–Crippen LogP) is 2.67. The fourth-order valence-corrected chi connectivity index (χ4v) is 2.52. The van der Waals surface area contributed by atoms with Crippen molar-refractivity contribution in [1.82, 2.24) is 15.0 Å². The van der Waals surface area contributed by atoms with Crippen LogP contribution in [-0.2, 0) is 0 Å². The number of aryl methyl sites for hydroxylation is 1. The minimum absolute atomic E-state index is 0.00113. The molecule has 0 aliphatic carbocycles. The Bertz CT molecular complexity index is 719. The molecule has 0 aromatic carbocycles. The standard InChI is InChI=1S/C13H11N5OS2/c1-8-16-12(18-13(17-8)20-2)15-7-9(6-14)11(19)10-4-3-5-21-10/h3-5,7H,1-2H3,(H,15,16,17,18). The Morgan fingerprint density at radius 3 is 2.90 bits per heavy atom. The molecule has 21 heavy (non-hydrogen) atoms. The zero-order valence-electron chi connectivity index (χ0n) is 11.3. The molecule has 0 unspecified atom stereocenters. The Morgan fingerprint density at radius 2 is 2.29 bits per heavy atom. The van der Waals surface area contributed by atoms with E-state index in [4.69, 9.17) is 5.26 Å². The minimum atomic E-state index is -0.323. The summed E-state index contributed by atoms with van der Waals surface area (Å²) < 4.78 is 0. The molecule has 2 aromatic heterocycles. The molecule has 0 bridgehead atoms. The fraction of sp³-hybridized carbons (Fsp3) is 0.154. The Hall–Kier alpha value is -2.24. The Labute approximate surface area is 130 Å². The third kappa shape index (κ3) is 3.87. The van der Waals surface area contributed by atoms with Crippen LogP contribution in [0.3, 0.4) is 0 Å². The highest BCUT2D eigenvalue weighted by atomic mass is 32.2. The molecule has 0 aliphatic heterocycles. The molecule has 0 radical (unpaired) electrons. The van der Waals surface area contributed by atoms with Crippen molar-refractivity contribution >= 4 is 34.8 Å². The van der Waals surface area contributed by atoms with E-state index in [1.54, 1.807) is 24.4 Å². The number of thioether (sulfide) groups is 1. The average molecular weight is 317 g/mol. The number of ketones is 1. The second-order valence-electron chi connectivity index (χ2n) is 3.81. The number of hydrogen-bond donors (Lipinski definition) is 1. The van der Waals surface area contributed by atoms with Crippen molar-refractivity contribution < 1.29 is 4.79 Å². The Morgan fingerprint density at radius 1 is 1.48 bits per heavy atom. The van der Waals surface area contributed by atoms with Crippen LogP contribution < -0.4 is 5.32 Å². The molecular weight excluding hydrogens is 306 g/mol. The number of nitrogens with one attached hydrogen (secondary N) is 1. The summed E-state index contributed by atoms with van der Waals surface area (Å²) in [5.74, 6) is 0.544. The van der Waals surface area contributed by atoms with E-state index < -0.39 is 0 Å². The van der Waals surface area contributed by atoms with Gasteiger partial charge in [-0.2, -0.15) is 15.2 Å². The number of hydrogen-bond acceptors (Lipinski definition) is 8. The number of Topliss-reactive ketones (excluding diaryl/α,β-unsaturated/α-hetero) is 1. The van der Waals surface area contributed by atoms with Crippen molar-refractivity contribution in [1.29, 1.82) is 5.26 Å². The topological polar surface area (TPSA) is 91.6 Å². The third-order valence-electron chi connectivity index (χ3n) is 2.36. The number of thiophene rings is 1. The summed E-state index contributed by atoms with van der Waals surface area (Å²) in [7, 11) is 0. The summed E-state index contributed by atoms with van der Waals surface area (Å²) >= 11 is 2.68. The number of rotatable bonds is 5. The van der Waals surface area contributed by atoms with E-state index in [1.165, 1.54) is 29.3 Å². The van der Waals surface area contributed by atoms with E-state index >= 15 is 0 Å². The van der Waals surface area contributed by atoms with Gasteiger partial charge in [-0.25, -0.2) is 4.98 Å². The first kappa shape index (κ1) is 15.2. The first-order chi connectivity index (χ1) is 10.1. The molecule has 6 nitrogen and oxygen atoms in total. The number of carbonyl (C=O) groups excluding carboxylic acids is 1. The molecule has 0 fully saturated rings. The fourth-order valence-electron chi connectivity index (χ4n) is 1.44. The van der Waals surface area contributed by atoms with Gasteiger partial charge in [0.15, 0.2) is 5.16 Å². The van der Waals surface area contributed by atoms with Crippen molar-refractivity contribution in [2.75, 3.05) is 11.6 Å². The van der Waals surface area contributed by atoms with Crippen LogP contribution in [0.4, 0.5) is 5.95 Å². The molecular formula is C13H11N5OS2. The van der Waals surface area contributed by atoms with Crippen LogP contribution in [0, 0.1) is 18.3 Å². The third-order valence-corrected chi connectivity index (χ3v) is 3.78. The largest absolute Gasteiger partial charge is 0.329 e. The zero-order chi connectivity index (χ0) is 15.2. The van der Waals surface area contributed by atoms with Crippen molar-refractivity contribution in [3.63, 3.8) is 0 Å². The van der Waals surface area contributed by atoms with Crippen LogP contribution in [-0.4, -0.2) is 27.0 Å². The van der Waals surface area contributed by atoms with Gasteiger partial charge in [0.05, 0.1) is 4.88 Å². The number of nitrogens with zero attached hydrogens (tertiary/aromatic N) is 4. The van der Waals surface area contributed by atoms with Gasteiger partial charge in [0, 0.05) is 6.20 Å². The van der Waals surface area contributed by atoms with E-state index in [1.807, 2.05) is 12.3 Å². The van der Waals surface area contributed by atoms with Crippen LogP contribution in [0.5, 0.6) is 0 Å². The monoisotopic (exact) mass is 317 g/mol. The van der Waals surface area contributed by atoms with Gasteiger partial charge in [-0.05, 0) is 24.6 Å². The maximum atomic E-state index is 12.1. The summed E-state index contributed by atoms with van der Waals surface area (Å²) in [6.45, 7) is 1.75. The van der Waals surface area contributed by atoms with Gasteiger partial charge in [0.2, 0.25) is 11.7 Å². The predicted molar refractivity (Wildman–Crippen MR) is 82.3 cm³/mol. The van der Waals surface area contributed by atoms with E-state index in [0.29, 0.717) is 21.8 Å². The number of nitriles is 1. The first-order valence-corrected chi connectivity index (χ1v) is 7.96. The number of anilines is 1. The molecule has 1 N–H and O–H groups in total. The highest BCUT2D eigenvalue weighted by Crippen LogP contribution is 2.15. The van der Waals surface area contributed by atoms with Gasteiger partial charge < -0.3 is 5.32 Å². The van der Waals surface area contributed by atoms with E-state index in [-0.39, 0.29) is 11.4 Å². The quantitative estimate of drug-likeness (QED) is 0.392. The molecule has 0 saturated heterocycles. The molecule has 2 aromatic rings. The summed E-state index contributed by atoms with van der Waals surface area (Å²) in [5, 5.41) is 14.2. The number of carbonyl (C=O) groups is 1. The lowest BCUT2D eigenvalue weighted by atomic mass is 10.2. The summed E-state index contributed by atoms with van der Waals surface area (Å²) in [4.78, 5) is 25.0. The number of allylic oxidation sites excluding steroid dienone is 1. The lowest BCUT2D eigenvalue weighted by Gasteiger charge is -2.03. The van der Waals surface area contributed by atoms with Crippen LogP contribution in [0.2, 0.25) is 0 Å². The SMILES string of the molecule is CSc1nc(C)nc(NC=C(C#N)C(=O)c2cccs2)n1. The van der Waals surface area contributed by atoms with Crippen molar-refractivity contribution in [2.45, 2.75) is 12.1 Å². The summed E-state index contributed by atoms with van der Waals surface area (Å²) in [6.07, 6.45) is 3.18. The molecule has 0 atom stereocenters. The van der Waals surface area contributed by atoms with Gasteiger partial charge in [-0.1, -0.05) is 17.8 Å². The first-order valence-electron chi connectivity index (χ1n) is 5.85. The van der Waals surface area contributed by atoms with Gasteiger partial charge >= 0.3 is 0 Å². The van der Waals surface area contributed by atoms with Gasteiger partial charge in [-0.15, -0.1) is 11.3 Å². The molecule has 2 rings (SSSR count). The van der Waals surface area contributed by atoms with Crippen molar-refractivity contribution in [2.24, 2.45) is 0 Å². The van der Waals surface area contributed by atoms with Crippen molar-refractivity contribution in [3.05, 3.63) is 40.0 Å². The Balaban J connectivity index is 2.20. The second-order valence-corrected chi connectivity index (χ2v) is 5.53. The maximum Gasteiger partial charge on any atom is 0.231 e. The maximum absolute atomic E-state index is 12.1. The summed E-state index contributed by atoms with van der Waals surface area (Å²) in [6, 6.07) is 5.32. The average Bonchev–Trinajstić information content (AvgIpc) is 3.01. The van der Waals surface area contributed by atoms with Gasteiger partial charge in [0.1, 0.15) is 17.5 Å². The molecule has 0 saturated carbocycles. The van der Waals surface area contributed by atoms with Crippen molar-refractivity contribution in [3.8, 4) is 6.07 Å². The molecule has 8 heteroatoms. The van der Waals surface area contributed by atoms with Crippen LogP contribution >= 0.6 is 23.1 Å². The van der Waals surface area contributed by atoms with Crippen LogP contribution in [0.15, 0.2) is 34.4 Å². The van der Waals surface area contributed by atoms with E-state index in [0.717, 1.165) is 0 Å². The lowest BCUT2D eigenvalue weighted by Crippen LogP contribution is -2.05. The normalized spacial score (nSPS) is 11.0. The number of aromatic nitrogens is 3. The molecule has 0 aliphatic rings. The highest BCUT2D eigenvalue weighted by Gasteiger charge is 2.13. The van der Waals surface area contributed by atoms with Crippen LogP contribution in [0.25, 0.3) is 0 Å². The smallest absolute Gasteiger partial charge is 0.231 e. The van der Waals surface area contributed by atoms with Gasteiger partial charge in [-0.3, -0.25) is 4.79 Å². The van der Waals surface area contributed by atoms with Crippen LogP contribution in [0.1, 0.15) is 15.5 Å². The minimum Gasteiger partial charge on any atom is -0.329 e. The highest BCUT2D eigenvalue weighted by molar-refractivity contribution is 7.98. The molecule has 0 amide bonds. The second kappa shape index (κ2) is 6.97. The molecule has 106 valence electrons. The van der Waals surface area contributed by atoms with Gasteiger partial charge in [0.25, 0.3) is 0 Å². The Kier molecular flexibility index (Phi) is 5.03. The van der Waals surface area contributed by atoms with E-state index in [2.05, 4.69) is 20.3 Å². The van der Waals surface area contributed by atoms with E-state index in [9.17, 15) is 4.79 Å².